The lowest BCUT2D eigenvalue weighted by Crippen LogP contribution is -2.31. The van der Waals surface area contributed by atoms with Gasteiger partial charge in [0.25, 0.3) is 0 Å². The van der Waals surface area contributed by atoms with Crippen LogP contribution in [-0.2, 0) is 6.54 Å². The molecule has 1 aromatic carbocycles. The van der Waals surface area contributed by atoms with Crippen LogP contribution in [0.15, 0.2) is 22.7 Å². The minimum absolute atomic E-state index is 0.543. The van der Waals surface area contributed by atoms with E-state index in [9.17, 15) is 0 Å². The monoisotopic (exact) mass is 342 g/mol. The van der Waals surface area contributed by atoms with E-state index in [2.05, 4.69) is 64.6 Å². The van der Waals surface area contributed by atoms with E-state index in [0.717, 1.165) is 18.3 Å². The number of thioether (sulfide) groups is 1. The van der Waals surface area contributed by atoms with Gasteiger partial charge in [-0.2, -0.15) is 11.8 Å². The lowest BCUT2D eigenvalue weighted by atomic mass is 10.2. The first-order valence-corrected chi connectivity index (χ1v) is 9.04. The van der Waals surface area contributed by atoms with Crippen molar-refractivity contribution < 1.29 is 0 Å². The van der Waals surface area contributed by atoms with Crippen molar-refractivity contribution in [2.75, 3.05) is 24.0 Å². The number of halogens is 1. The van der Waals surface area contributed by atoms with Crippen LogP contribution in [0.3, 0.4) is 0 Å². The van der Waals surface area contributed by atoms with Gasteiger partial charge in [0.15, 0.2) is 0 Å². The molecule has 1 unspecified atom stereocenters. The van der Waals surface area contributed by atoms with Crippen LogP contribution in [0.25, 0.3) is 0 Å². The Morgan fingerprint density at radius 2 is 2.21 bits per heavy atom. The standard InChI is InChI=1S/C15H23BrN2S/c1-11(10-19-3)18(2)15-7-4-12(8-14(15)16)9-17-13-5-6-13/h4,7-8,11,13,17H,5-6,9-10H2,1-3H3. The molecule has 1 saturated carbocycles. The molecule has 0 aliphatic heterocycles. The lowest BCUT2D eigenvalue weighted by Gasteiger charge is -2.27. The Bertz CT molecular complexity index is 421. The minimum atomic E-state index is 0.543. The van der Waals surface area contributed by atoms with Gasteiger partial charge in [0, 0.05) is 35.9 Å². The average molecular weight is 343 g/mol. The molecule has 106 valence electrons. The maximum Gasteiger partial charge on any atom is 0.0510 e. The van der Waals surface area contributed by atoms with E-state index in [1.807, 2.05) is 11.8 Å². The summed E-state index contributed by atoms with van der Waals surface area (Å²) in [7, 11) is 2.17. The van der Waals surface area contributed by atoms with Crippen molar-refractivity contribution in [2.45, 2.75) is 38.4 Å². The van der Waals surface area contributed by atoms with Gasteiger partial charge in [-0.25, -0.2) is 0 Å². The second kappa shape index (κ2) is 7.00. The highest BCUT2D eigenvalue weighted by molar-refractivity contribution is 9.10. The molecule has 1 fully saturated rings. The van der Waals surface area contributed by atoms with Gasteiger partial charge in [0.05, 0.1) is 5.69 Å². The molecule has 0 bridgehead atoms. The summed E-state index contributed by atoms with van der Waals surface area (Å²) < 4.78 is 1.19. The molecule has 0 spiro atoms. The van der Waals surface area contributed by atoms with Gasteiger partial charge in [-0.15, -0.1) is 0 Å². The quantitative estimate of drug-likeness (QED) is 0.809. The second-order valence-corrected chi connectivity index (χ2v) is 7.12. The minimum Gasteiger partial charge on any atom is -0.370 e. The molecular weight excluding hydrogens is 320 g/mol. The summed E-state index contributed by atoms with van der Waals surface area (Å²) >= 11 is 5.61. The van der Waals surface area contributed by atoms with Crippen LogP contribution >= 0.6 is 27.7 Å². The smallest absolute Gasteiger partial charge is 0.0510 e. The number of anilines is 1. The van der Waals surface area contributed by atoms with Gasteiger partial charge in [0.1, 0.15) is 0 Å². The van der Waals surface area contributed by atoms with Gasteiger partial charge in [-0.3, -0.25) is 0 Å². The molecule has 4 heteroatoms. The number of hydrogen-bond donors (Lipinski definition) is 1. The molecular formula is C15H23BrN2S. The van der Waals surface area contributed by atoms with Crippen LogP contribution in [0.1, 0.15) is 25.3 Å². The molecule has 2 nitrogen and oxygen atoms in total. The van der Waals surface area contributed by atoms with E-state index < -0.39 is 0 Å². The second-order valence-electron chi connectivity index (χ2n) is 5.36. The SMILES string of the molecule is CSCC(C)N(C)c1ccc(CNC2CC2)cc1Br. The zero-order valence-corrected chi connectivity index (χ0v) is 14.4. The van der Waals surface area contributed by atoms with Gasteiger partial charge >= 0.3 is 0 Å². The molecule has 0 heterocycles. The van der Waals surface area contributed by atoms with E-state index in [4.69, 9.17) is 0 Å². The summed E-state index contributed by atoms with van der Waals surface area (Å²) in [5.41, 5.74) is 2.63. The highest BCUT2D eigenvalue weighted by Gasteiger charge is 2.20. The van der Waals surface area contributed by atoms with Crippen LogP contribution in [-0.4, -0.2) is 31.1 Å². The summed E-state index contributed by atoms with van der Waals surface area (Å²) in [4.78, 5) is 2.35. The van der Waals surface area contributed by atoms with Crippen LogP contribution in [0, 0.1) is 0 Å². The highest BCUT2D eigenvalue weighted by Crippen LogP contribution is 2.29. The zero-order chi connectivity index (χ0) is 13.8. The van der Waals surface area contributed by atoms with Crippen LogP contribution in [0.2, 0.25) is 0 Å². The summed E-state index contributed by atoms with van der Waals surface area (Å²) in [6.07, 6.45) is 4.84. The molecule has 1 aliphatic carbocycles. The number of rotatable bonds is 7. The lowest BCUT2D eigenvalue weighted by molar-refractivity contribution is 0.687. The average Bonchev–Trinajstić information content (AvgIpc) is 3.20. The molecule has 0 saturated heterocycles. The highest BCUT2D eigenvalue weighted by atomic mass is 79.9. The Morgan fingerprint density at radius 1 is 1.47 bits per heavy atom. The first kappa shape index (κ1) is 15.2. The number of nitrogens with zero attached hydrogens (tertiary/aromatic N) is 1. The summed E-state index contributed by atoms with van der Waals surface area (Å²) in [5, 5.41) is 3.55. The van der Waals surface area contributed by atoms with Crippen LogP contribution in [0.5, 0.6) is 0 Å². The molecule has 0 radical (unpaired) electrons. The Labute approximate surface area is 129 Å². The zero-order valence-electron chi connectivity index (χ0n) is 11.9. The molecule has 0 aromatic heterocycles. The maximum absolute atomic E-state index is 3.71. The third-order valence-corrected chi connectivity index (χ3v) is 5.08. The number of nitrogens with one attached hydrogen (secondary N) is 1. The molecule has 1 aromatic rings. The fraction of sp³-hybridized carbons (Fsp3) is 0.600. The Balaban J connectivity index is 2.00. The third-order valence-electron chi connectivity index (χ3n) is 3.63. The predicted molar refractivity (Wildman–Crippen MR) is 90.3 cm³/mol. The summed E-state index contributed by atoms with van der Waals surface area (Å²) in [5.74, 6) is 1.15. The van der Waals surface area contributed by atoms with Crippen molar-refractivity contribution in [2.24, 2.45) is 0 Å². The Kier molecular flexibility index (Phi) is 5.60. The Morgan fingerprint density at radius 3 is 2.79 bits per heavy atom. The number of benzene rings is 1. The third kappa shape index (κ3) is 4.40. The molecule has 1 atom stereocenters. The van der Waals surface area contributed by atoms with Crippen molar-refractivity contribution in [3.05, 3.63) is 28.2 Å². The van der Waals surface area contributed by atoms with Crippen molar-refractivity contribution in [3.63, 3.8) is 0 Å². The molecule has 1 aliphatic rings. The number of hydrogen-bond acceptors (Lipinski definition) is 3. The van der Waals surface area contributed by atoms with Crippen molar-refractivity contribution in [1.82, 2.24) is 5.32 Å². The maximum atomic E-state index is 3.71. The topological polar surface area (TPSA) is 15.3 Å². The van der Waals surface area contributed by atoms with Gasteiger partial charge in [0.2, 0.25) is 0 Å². The normalized spacial score (nSPS) is 16.4. The van der Waals surface area contributed by atoms with Crippen molar-refractivity contribution in [1.29, 1.82) is 0 Å². The van der Waals surface area contributed by atoms with E-state index in [-0.39, 0.29) is 0 Å². The largest absolute Gasteiger partial charge is 0.370 e. The fourth-order valence-electron chi connectivity index (χ4n) is 2.09. The first-order valence-electron chi connectivity index (χ1n) is 6.85. The van der Waals surface area contributed by atoms with Gasteiger partial charge in [-0.05, 0) is 59.6 Å². The first-order chi connectivity index (χ1) is 9.11. The molecule has 2 rings (SSSR count). The van der Waals surface area contributed by atoms with Crippen molar-refractivity contribution >= 4 is 33.4 Å². The van der Waals surface area contributed by atoms with Crippen LogP contribution in [0.4, 0.5) is 5.69 Å². The van der Waals surface area contributed by atoms with E-state index in [1.54, 1.807) is 0 Å². The predicted octanol–water partition coefficient (Wildman–Crippen LogP) is 3.89. The van der Waals surface area contributed by atoms with Crippen LogP contribution < -0.4 is 10.2 Å². The van der Waals surface area contributed by atoms with E-state index >= 15 is 0 Å². The Hall–Kier alpha value is -0.190. The van der Waals surface area contributed by atoms with E-state index in [0.29, 0.717) is 6.04 Å². The fourth-order valence-corrected chi connectivity index (χ4v) is 3.50. The molecule has 0 amide bonds. The molecule has 19 heavy (non-hydrogen) atoms. The van der Waals surface area contributed by atoms with E-state index in [1.165, 1.54) is 28.6 Å². The molecule has 1 N–H and O–H groups in total. The van der Waals surface area contributed by atoms with Gasteiger partial charge < -0.3 is 10.2 Å². The van der Waals surface area contributed by atoms with Crippen molar-refractivity contribution in [3.8, 4) is 0 Å². The summed E-state index contributed by atoms with van der Waals surface area (Å²) in [6, 6.07) is 8.01. The van der Waals surface area contributed by atoms with Gasteiger partial charge in [-0.1, -0.05) is 6.07 Å². The summed E-state index contributed by atoms with van der Waals surface area (Å²) in [6.45, 7) is 3.25.